The zero-order chi connectivity index (χ0) is 14.3. The number of benzene rings is 1. The fourth-order valence-electron chi connectivity index (χ4n) is 1.83. The van der Waals surface area contributed by atoms with E-state index in [0.717, 1.165) is 12.8 Å². The first-order valence-corrected chi connectivity index (χ1v) is 6.22. The van der Waals surface area contributed by atoms with Crippen LogP contribution in [0.1, 0.15) is 28.8 Å². The van der Waals surface area contributed by atoms with Gasteiger partial charge in [0.05, 0.1) is 6.42 Å². The number of carboxylic acid groups (broad SMARTS) is 1. The van der Waals surface area contributed by atoms with E-state index in [4.69, 9.17) is 5.11 Å². The molecule has 0 aliphatic carbocycles. The molecule has 0 aliphatic rings. The summed E-state index contributed by atoms with van der Waals surface area (Å²) in [6, 6.07) is 6.84. The van der Waals surface area contributed by atoms with Gasteiger partial charge in [-0.15, -0.1) is 6.58 Å². The topological polar surface area (TPSA) is 57.6 Å². The summed E-state index contributed by atoms with van der Waals surface area (Å²) in [4.78, 5) is 24.7. The first-order valence-electron chi connectivity index (χ1n) is 6.22. The highest BCUT2D eigenvalue weighted by molar-refractivity contribution is 5.96. The molecule has 1 amide bonds. The number of unbranched alkanes of at least 4 members (excludes halogenated alkanes) is 1. The van der Waals surface area contributed by atoms with Gasteiger partial charge in [-0.3, -0.25) is 9.59 Å². The third kappa shape index (κ3) is 4.58. The summed E-state index contributed by atoms with van der Waals surface area (Å²) in [7, 11) is 1.73. The number of hydrogen-bond acceptors (Lipinski definition) is 2. The molecule has 1 N–H and O–H groups in total. The number of carbonyl (C=O) groups excluding carboxylic acids is 1. The second kappa shape index (κ2) is 7.36. The molecule has 19 heavy (non-hydrogen) atoms. The van der Waals surface area contributed by atoms with Crippen LogP contribution in [0.15, 0.2) is 36.9 Å². The third-order valence-corrected chi connectivity index (χ3v) is 2.84. The molecule has 0 radical (unpaired) electrons. The lowest BCUT2D eigenvalue weighted by Gasteiger charge is -2.18. The molecule has 0 saturated heterocycles. The Morgan fingerprint density at radius 3 is 2.68 bits per heavy atom. The first kappa shape index (κ1) is 15.0. The van der Waals surface area contributed by atoms with E-state index in [9.17, 15) is 9.59 Å². The summed E-state index contributed by atoms with van der Waals surface area (Å²) in [5.74, 6) is -1.07. The van der Waals surface area contributed by atoms with E-state index < -0.39 is 5.97 Å². The van der Waals surface area contributed by atoms with Gasteiger partial charge in [0.25, 0.3) is 5.91 Å². The van der Waals surface area contributed by atoms with Gasteiger partial charge in [-0.1, -0.05) is 24.3 Å². The van der Waals surface area contributed by atoms with E-state index in [-0.39, 0.29) is 12.3 Å². The van der Waals surface area contributed by atoms with Crippen molar-refractivity contribution >= 4 is 11.9 Å². The van der Waals surface area contributed by atoms with Crippen LogP contribution < -0.4 is 0 Å². The number of aliphatic carboxylic acids is 1. The van der Waals surface area contributed by atoms with Crippen molar-refractivity contribution in [2.24, 2.45) is 0 Å². The van der Waals surface area contributed by atoms with Crippen LogP contribution in [0, 0.1) is 0 Å². The minimum absolute atomic E-state index is 0.136. The normalized spacial score (nSPS) is 9.95. The van der Waals surface area contributed by atoms with Gasteiger partial charge >= 0.3 is 5.97 Å². The van der Waals surface area contributed by atoms with E-state index >= 15 is 0 Å². The van der Waals surface area contributed by atoms with Crippen LogP contribution in [0.2, 0.25) is 0 Å². The first-order chi connectivity index (χ1) is 9.06. The Bertz CT molecular complexity index is 468. The SMILES string of the molecule is C=CCCCN(C)C(=O)c1ccccc1CC(=O)O. The third-order valence-electron chi connectivity index (χ3n) is 2.84. The van der Waals surface area contributed by atoms with Gasteiger partial charge in [0, 0.05) is 19.2 Å². The van der Waals surface area contributed by atoms with E-state index in [1.165, 1.54) is 0 Å². The molecule has 0 aromatic heterocycles. The standard InChI is InChI=1S/C15H19NO3/c1-3-4-7-10-16(2)15(19)13-9-6-5-8-12(13)11-14(17)18/h3,5-6,8-9H,1,4,7,10-11H2,2H3,(H,17,18). The van der Waals surface area contributed by atoms with Gasteiger partial charge in [-0.2, -0.15) is 0 Å². The Morgan fingerprint density at radius 1 is 1.37 bits per heavy atom. The number of nitrogens with zero attached hydrogens (tertiary/aromatic N) is 1. The largest absolute Gasteiger partial charge is 0.481 e. The van der Waals surface area contributed by atoms with Crippen molar-refractivity contribution in [3.8, 4) is 0 Å². The highest BCUT2D eigenvalue weighted by atomic mass is 16.4. The van der Waals surface area contributed by atoms with E-state index in [0.29, 0.717) is 17.7 Å². The molecule has 0 atom stereocenters. The lowest BCUT2D eigenvalue weighted by molar-refractivity contribution is -0.136. The number of allylic oxidation sites excluding steroid dienone is 1. The van der Waals surface area contributed by atoms with Crippen molar-refractivity contribution in [3.05, 3.63) is 48.0 Å². The molecule has 4 nitrogen and oxygen atoms in total. The Balaban J connectivity index is 2.80. The maximum absolute atomic E-state index is 12.2. The summed E-state index contributed by atoms with van der Waals surface area (Å²) < 4.78 is 0. The molecular formula is C15H19NO3. The van der Waals surface area contributed by atoms with Crippen LogP contribution in [-0.2, 0) is 11.2 Å². The van der Waals surface area contributed by atoms with Gasteiger partial charge < -0.3 is 10.0 Å². The van der Waals surface area contributed by atoms with Crippen molar-refractivity contribution < 1.29 is 14.7 Å². The average Bonchev–Trinajstić information content (AvgIpc) is 2.38. The average molecular weight is 261 g/mol. The van der Waals surface area contributed by atoms with Gasteiger partial charge in [0.15, 0.2) is 0 Å². The fourth-order valence-corrected chi connectivity index (χ4v) is 1.83. The number of rotatable bonds is 7. The van der Waals surface area contributed by atoms with Crippen molar-refractivity contribution in [1.29, 1.82) is 0 Å². The maximum atomic E-state index is 12.2. The fraction of sp³-hybridized carbons (Fsp3) is 0.333. The Labute approximate surface area is 113 Å². The Hall–Kier alpha value is -2.10. The molecular weight excluding hydrogens is 242 g/mol. The minimum atomic E-state index is -0.936. The molecule has 4 heteroatoms. The molecule has 0 bridgehead atoms. The van der Waals surface area contributed by atoms with E-state index in [2.05, 4.69) is 6.58 Å². The van der Waals surface area contributed by atoms with Crippen LogP contribution in [0.4, 0.5) is 0 Å². The Morgan fingerprint density at radius 2 is 2.05 bits per heavy atom. The molecule has 102 valence electrons. The van der Waals surface area contributed by atoms with E-state index in [1.807, 2.05) is 6.08 Å². The number of hydrogen-bond donors (Lipinski definition) is 1. The summed E-state index contributed by atoms with van der Waals surface area (Å²) in [5, 5.41) is 8.85. The Kier molecular flexibility index (Phi) is 5.79. The van der Waals surface area contributed by atoms with Crippen LogP contribution in [0.5, 0.6) is 0 Å². The lowest BCUT2D eigenvalue weighted by Crippen LogP contribution is -2.28. The van der Waals surface area contributed by atoms with Crippen LogP contribution in [0.25, 0.3) is 0 Å². The highest BCUT2D eigenvalue weighted by Gasteiger charge is 2.16. The van der Waals surface area contributed by atoms with Crippen LogP contribution in [0.3, 0.4) is 0 Å². The molecule has 0 unspecified atom stereocenters. The maximum Gasteiger partial charge on any atom is 0.307 e. The van der Waals surface area contributed by atoms with Gasteiger partial charge in [0.1, 0.15) is 0 Å². The number of carbonyl (C=O) groups is 2. The number of carboxylic acids is 1. The predicted molar refractivity (Wildman–Crippen MR) is 74.2 cm³/mol. The summed E-state index contributed by atoms with van der Waals surface area (Å²) in [6.45, 7) is 4.27. The predicted octanol–water partition coefficient (Wildman–Crippen LogP) is 2.35. The van der Waals surface area contributed by atoms with Crippen molar-refractivity contribution in [2.75, 3.05) is 13.6 Å². The van der Waals surface area contributed by atoms with Gasteiger partial charge in [0.2, 0.25) is 0 Å². The molecule has 1 aromatic rings. The molecule has 0 aliphatic heterocycles. The van der Waals surface area contributed by atoms with Gasteiger partial charge in [-0.05, 0) is 24.5 Å². The molecule has 1 rings (SSSR count). The zero-order valence-corrected chi connectivity index (χ0v) is 11.1. The monoisotopic (exact) mass is 261 g/mol. The molecule has 0 spiro atoms. The molecule has 1 aromatic carbocycles. The summed E-state index contributed by atoms with van der Waals surface area (Å²) in [6.07, 6.45) is 3.39. The second-order valence-electron chi connectivity index (χ2n) is 4.39. The smallest absolute Gasteiger partial charge is 0.307 e. The minimum Gasteiger partial charge on any atom is -0.481 e. The quantitative estimate of drug-likeness (QED) is 0.605. The van der Waals surface area contributed by atoms with Crippen molar-refractivity contribution in [2.45, 2.75) is 19.3 Å². The molecule has 0 heterocycles. The highest BCUT2D eigenvalue weighted by Crippen LogP contribution is 2.12. The molecule has 0 fully saturated rings. The van der Waals surface area contributed by atoms with Crippen molar-refractivity contribution in [1.82, 2.24) is 4.90 Å². The van der Waals surface area contributed by atoms with Crippen LogP contribution in [-0.4, -0.2) is 35.5 Å². The van der Waals surface area contributed by atoms with Gasteiger partial charge in [-0.25, -0.2) is 0 Å². The van der Waals surface area contributed by atoms with E-state index in [1.54, 1.807) is 36.2 Å². The summed E-state index contributed by atoms with van der Waals surface area (Å²) >= 11 is 0. The second-order valence-corrected chi connectivity index (χ2v) is 4.39. The lowest BCUT2D eigenvalue weighted by atomic mass is 10.0. The van der Waals surface area contributed by atoms with Crippen LogP contribution >= 0.6 is 0 Å². The van der Waals surface area contributed by atoms with Crippen molar-refractivity contribution in [3.63, 3.8) is 0 Å². The number of amides is 1. The summed E-state index contributed by atoms with van der Waals surface area (Å²) in [5.41, 5.74) is 1.02. The molecule has 0 saturated carbocycles. The zero-order valence-electron chi connectivity index (χ0n) is 11.1.